The molecule has 0 atom stereocenters. The van der Waals surface area contributed by atoms with Gasteiger partial charge < -0.3 is 15.5 Å². The molecule has 0 bridgehead atoms. The summed E-state index contributed by atoms with van der Waals surface area (Å²) in [5.41, 5.74) is 2.21. The Morgan fingerprint density at radius 3 is 2.41 bits per heavy atom. The summed E-state index contributed by atoms with van der Waals surface area (Å²) in [7, 11) is 0. The predicted molar refractivity (Wildman–Crippen MR) is 125 cm³/mol. The first kappa shape index (κ1) is 21.7. The molecule has 7 heteroatoms. The van der Waals surface area contributed by atoms with Crippen LogP contribution in [-0.2, 0) is 6.54 Å². The summed E-state index contributed by atoms with van der Waals surface area (Å²) in [6.07, 6.45) is 2.02. The highest BCUT2D eigenvalue weighted by Gasteiger charge is 2.28. The third kappa shape index (κ3) is 4.42. The molecule has 1 aliphatic rings. The van der Waals surface area contributed by atoms with Crippen LogP contribution >= 0.6 is 0 Å². The van der Waals surface area contributed by atoms with Crippen LogP contribution < -0.4 is 26.4 Å². The molecule has 1 fully saturated rings. The van der Waals surface area contributed by atoms with E-state index in [1.165, 1.54) is 6.07 Å². The minimum absolute atomic E-state index is 0.336. The molecule has 4 rings (SSSR count). The lowest BCUT2D eigenvalue weighted by atomic mass is 9.98. The van der Waals surface area contributed by atoms with Crippen LogP contribution in [0.3, 0.4) is 0 Å². The first-order chi connectivity index (χ1) is 15.3. The van der Waals surface area contributed by atoms with Gasteiger partial charge in [-0.05, 0) is 61.1 Å². The van der Waals surface area contributed by atoms with Gasteiger partial charge in [0, 0.05) is 30.9 Å². The van der Waals surface area contributed by atoms with E-state index in [1.54, 1.807) is 43.3 Å². The molecule has 0 unspecified atom stereocenters. The maximum absolute atomic E-state index is 13.7. The summed E-state index contributed by atoms with van der Waals surface area (Å²) in [5, 5.41) is 5.78. The van der Waals surface area contributed by atoms with Crippen LogP contribution in [0.5, 0.6) is 0 Å². The fraction of sp³-hybridized carbons (Fsp3) is 0.320. The molecule has 0 aliphatic carbocycles. The molecule has 0 spiro atoms. The van der Waals surface area contributed by atoms with Crippen LogP contribution in [-0.4, -0.2) is 19.0 Å². The summed E-state index contributed by atoms with van der Waals surface area (Å²) in [4.78, 5) is 38.6. The van der Waals surface area contributed by atoms with E-state index in [4.69, 9.17) is 0 Å². The highest BCUT2D eigenvalue weighted by molar-refractivity contribution is 6.04. The summed E-state index contributed by atoms with van der Waals surface area (Å²) < 4.78 is 13.7. The molecule has 3 aromatic carbocycles. The second kappa shape index (κ2) is 8.94. The molecule has 2 N–H and O–H groups in total. The van der Waals surface area contributed by atoms with Crippen molar-refractivity contribution in [2.75, 3.05) is 28.6 Å². The van der Waals surface area contributed by atoms with Crippen LogP contribution in [0.2, 0.25) is 0 Å². The van der Waals surface area contributed by atoms with E-state index in [9.17, 15) is 18.8 Å². The topological polar surface area (TPSA) is 78.5 Å². The van der Waals surface area contributed by atoms with E-state index in [-0.39, 0.29) is 11.7 Å². The van der Waals surface area contributed by atoms with Crippen molar-refractivity contribution in [3.05, 3.63) is 85.4 Å². The molecule has 1 heterocycles. The molecule has 1 saturated heterocycles. The smallest absolute Gasteiger partial charge is 0.255 e. The van der Waals surface area contributed by atoms with Crippen LogP contribution in [0.4, 0.5) is 21.5 Å². The normalized spacial score (nSPS) is 14.5. The SMILES string of the molecule is Cc1ccc(NC(=O)c2ccc(CNc3c(N4CCC(C)CC4)c(=O)c3=O)cc2)cc1F. The number of rotatable bonds is 6. The van der Waals surface area contributed by atoms with Gasteiger partial charge in [-0.2, -0.15) is 0 Å². The number of carbonyl (C=O) groups excluding carboxylic acids is 1. The maximum atomic E-state index is 13.7. The van der Waals surface area contributed by atoms with E-state index in [2.05, 4.69) is 17.6 Å². The van der Waals surface area contributed by atoms with Gasteiger partial charge in [0.05, 0.1) is 0 Å². The molecule has 1 aliphatic heterocycles. The van der Waals surface area contributed by atoms with E-state index in [0.717, 1.165) is 31.5 Å². The monoisotopic (exact) mass is 435 g/mol. The molecule has 6 nitrogen and oxygen atoms in total. The largest absolute Gasteiger partial charge is 0.376 e. The lowest BCUT2D eigenvalue weighted by Crippen LogP contribution is -2.45. The molecule has 166 valence electrons. The molecule has 0 radical (unpaired) electrons. The number of carbonyl (C=O) groups is 1. The second-order valence-electron chi connectivity index (χ2n) is 8.52. The Hall–Kier alpha value is -3.48. The van der Waals surface area contributed by atoms with Crippen molar-refractivity contribution in [1.29, 1.82) is 0 Å². The minimum Gasteiger partial charge on any atom is -0.376 e. The van der Waals surface area contributed by atoms with E-state index in [0.29, 0.717) is 40.7 Å². The van der Waals surface area contributed by atoms with Gasteiger partial charge in [0.15, 0.2) is 0 Å². The van der Waals surface area contributed by atoms with Gasteiger partial charge in [-0.15, -0.1) is 0 Å². The van der Waals surface area contributed by atoms with Crippen molar-refractivity contribution in [3.8, 4) is 0 Å². The van der Waals surface area contributed by atoms with Crippen molar-refractivity contribution in [3.63, 3.8) is 0 Å². The number of piperidine rings is 1. The van der Waals surface area contributed by atoms with Gasteiger partial charge in [0.2, 0.25) is 0 Å². The van der Waals surface area contributed by atoms with Crippen molar-refractivity contribution >= 4 is 23.0 Å². The molecule has 0 aromatic heterocycles. The molecular formula is C25H26FN3O3. The molecule has 1 amide bonds. The van der Waals surface area contributed by atoms with Crippen LogP contribution in [0, 0.1) is 18.7 Å². The summed E-state index contributed by atoms with van der Waals surface area (Å²) in [6.45, 7) is 5.80. The van der Waals surface area contributed by atoms with Crippen molar-refractivity contribution in [1.82, 2.24) is 0 Å². The fourth-order valence-corrected chi connectivity index (χ4v) is 3.92. The van der Waals surface area contributed by atoms with Gasteiger partial charge in [-0.3, -0.25) is 14.4 Å². The zero-order valence-corrected chi connectivity index (χ0v) is 18.2. The van der Waals surface area contributed by atoms with E-state index in [1.807, 2.05) is 4.90 Å². The van der Waals surface area contributed by atoms with Gasteiger partial charge >= 0.3 is 0 Å². The number of hydrogen-bond acceptors (Lipinski definition) is 5. The number of anilines is 3. The average molecular weight is 435 g/mol. The highest BCUT2D eigenvalue weighted by atomic mass is 19.1. The maximum Gasteiger partial charge on any atom is 0.255 e. The van der Waals surface area contributed by atoms with Crippen molar-refractivity contribution < 1.29 is 9.18 Å². The molecule has 32 heavy (non-hydrogen) atoms. The Labute approximate surface area is 185 Å². The standard InChI is InChI=1S/C25H26FN3O3/c1-15-9-11-29(12-10-15)22-21(23(30)24(22)31)27-14-17-4-6-18(7-5-17)25(32)28-19-8-3-16(2)20(26)13-19/h3-8,13,15,27H,9-12,14H2,1-2H3,(H,28,32). The number of halogens is 1. The number of hydrogen-bond donors (Lipinski definition) is 2. The van der Waals surface area contributed by atoms with Crippen LogP contribution in [0.25, 0.3) is 0 Å². The summed E-state index contributed by atoms with van der Waals surface area (Å²) in [6, 6.07) is 11.5. The second-order valence-corrected chi connectivity index (χ2v) is 8.52. The molecule has 0 saturated carbocycles. The third-order valence-electron chi connectivity index (χ3n) is 6.10. The number of nitrogens with zero attached hydrogens (tertiary/aromatic N) is 1. The van der Waals surface area contributed by atoms with Gasteiger partial charge in [0.25, 0.3) is 16.8 Å². The van der Waals surface area contributed by atoms with Crippen molar-refractivity contribution in [2.24, 2.45) is 5.92 Å². The zero-order valence-electron chi connectivity index (χ0n) is 18.2. The predicted octanol–water partition coefficient (Wildman–Crippen LogP) is 3.83. The van der Waals surface area contributed by atoms with E-state index >= 15 is 0 Å². The Morgan fingerprint density at radius 2 is 1.75 bits per heavy atom. The quantitative estimate of drug-likeness (QED) is 0.576. The summed E-state index contributed by atoms with van der Waals surface area (Å²) >= 11 is 0. The Balaban J connectivity index is 1.38. The number of benzene rings is 2. The Kier molecular flexibility index (Phi) is 6.08. The molecular weight excluding hydrogens is 409 g/mol. The minimum atomic E-state index is -0.472. The fourth-order valence-electron chi connectivity index (χ4n) is 3.92. The first-order valence-electron chi connectivity index (χ1n) is 10.8. The highest BCUT2D eigenvalue weighted by Crippen LogP contribution is 2.26. The van der Waals surface area contributed by atoms with E-state index < -0.39 is 10.9 Å². The van der Waals surface area contributed by atoms with Gasteiger partial charge in [-0.1, -0.05) is 25.1 Å². The number of aryl methyl sites for hydroxylation is 1. The zero-order chi connectivity index (χ0) is 22.8. The van der Waals surface area contributed by atoms with Crippen LogP contribution in [0.1, 0.15) is 41.3 Å². The molecule has 3 aromatic rings. The van der Waals surface area contributed by atoms with Gasteiger partial charge in [-0.25, -0.2) is 4.39 Å². The first-order valence-corrected chi connectivity index (χ1v) is 10.8. The van der Waals surface area contributed by atoms with Crippen molar-refractivity contribution in [2.45, 2.75) is 33.2 Å². The van der Waals surface area contributed by atoms with Crippen LogP contribution in [0.15, 0.2) is 52.1 Å². The number of nitrogens with one attached hydrogen (secondary N) is 2. The lowest BCUT2D eigenvalue weighted by molar-refractivity contribution is 0.102. The Morgan fingerprint density at radius 1 is 1.06 bits per heavy atom. The lowest BCUT2D eigenvalue weighted by Gasteiger charge is -2.33. The Bertz CT molecular complexity index is 1200. The summed E-state index contributed by atoms with van der Waals surface area (Å²) in [5.74, 6) is -0.0762. The average Bonchev–Trinajstić information content (AvgIpc) is 2.79. The third-order valence-corrected chi connectivity index (χ3v) is 6.10. The number of amides is 1. The van der Waals surface area contributed by atoms with Gasteiger partial charge in [0.1, 0.15) is 17.2 Å².